The molecule has 6 nitrogen and oxygen atoms in total. The molecule has 0 saturated carbocycles. The van der Waals surface area contributed by atoms with Crippen LogP contribution in [0.25, 0.3) is 20.2 Å². The van der Waals surface area contributed by atoms with Crippen LogP contribution in [0.1, 0.15) is 0 Å². The average Bonchev–Trinajstić information content (AvgIpc) is 3.60. The lowest BCUT2D eigenvalue weighted by molar-refractivity contribution is 0.465. The largest absolute Gasteiger partial charge is 0.458 e. The minimum absolute atomic E-state index is 0.362. The molecule has 0 saturated heterocycles. The molecule has 0 aliphatic carbocycles. The van der Waals surface area contributed by atoms with Gasteiger partial charge in [0.25, 0.3) is 20.1 Å². The van der Waals surface area contributed by atoms with E-state index in [1.807, 2.05) is 79.4 Å². The molecule has 0 unspecified atom stereocenters. The summed E-state index contributed by atoms with van der Waals surface area (Å²) in [5.41, 5.74) is 5.55. The number of rotatable bonds is 5. The van der Waals surface area contributed by atoms with Crippen molar-refractivity contribution in [2.45, 2.75) is 14.7 Å². The molecule has 2 aromatic heterocycles. The Morgan fingerprint density at radius 2 is 0.778 bits per heavy atom. The molecule has 0 amide bonds. The molecule has 8 heterocycles. The zero-order chi connectivity index (χ0) is 54.6. The van der Waals surface area contributed by atoms with Gasteiger partial charge in [0, 0.05) is 90.2 Å². The highest BCUT2D eigenvalue weighted by Crippen LogP contribution is 2.51. The summed E-state index contributed by atoms with van der Waals surface area (Å²) < 4.78 is 130. The van der Waals surface area contributed by atoms with E-state index < -0.39 is 55.0 Å². The van der Waals surface area contributed by atoms with E-state index in [9.17, 15) is 0 Å². The van der Waals surface area contributed by atoms with Crippen LogP contribution in [-0.4, -0.2) is 38.9 Å². The predicted molar refractivity (Wildman–Crippen MR) is 322 cm³/mol. The predicted octanol–water partition coefficient (Wildman–Crippen LogP) is 12.7. The second-order valence-electron chi connectivity index (χ2n) is 20.4. The Labute approximate surface area is 479 Å². The van der Waals surface area contributed by atoms with Crippen molar-refractivity contribution in [2.24, 2.45) is 0 Å². The van der Waals surface area contributed by atoms with Crippen molar-refractivity contribution < 1.29 is 45.3 Å². The van der Waals surface area contributed by atoms with E-state index in [0.29, 0.717) is 101 Å². The molecule has 0 fully saturated rings. The Bertz CT molecular complexity index is 4410. The first-order chi connectivity index (χ1) is 39.4. The van der Waals surface area contributed by atoms with Crippen LogP contribution < -0.4 is 76.5 Å². The second kappa shape index (κ2) is 17.3. The molecule has 390 valence electrons. The van der Waals surface area contributed by atoms with Gasteiger partial charge in [0.15, 0.2) is 0 Å². The number of nitrogens with zero attached hydrogens (tertiary/aromatic N) is 2. The Morgan fingerprint density at radius 1 is 0.383 bits per heavy atom. The normalized spacial score (nSPS) is 14.2. The van der Waals surface area contributed by atoms with Gasteiger partial charge < -0.3 is 28.7 Å². The number of ether oxygens (including phenoxy) is 4. The van der Waals surface area contributed by atoms with Crippen LogP contribution >= 0.6 is 58.0 Å². The summed E-state index contributed by atoms with van der Waals surface area (Å²) in [5, 5.41) is 1.24. The van der Waals surface area contributed by atoms with Crippen molar-refractivity contribution in [2.75, 3.05) is 28.6 Å². The lowest BCUT2D eigenvalue weighted by atomic mass is 9.30. The monoisotopic (exact) mass is 1160 g/mol. The minimum Gasteiger partial charge on any atom is -0.458 e. The van der Waals surface area contributed by atoms with Crippen LogP contribution in [0.2, 0.25) is 0 Å². The van der Waals surface area contributed by atoms with Crippen LogP contribution in [0, 0.1) is 34.9 Å². The zero-order valence-corrected chi connectivity index (χ0v) is 46.4. The van der Waals surface area contributed by atoms with E-state index in [4.69, 9.17) is 18.9 Å². The third-order valence-corrected chi connectivity index (χ3v) is 20.9. The third kappa shape index (κ3) is 6.67. The van der Waals surface area contributed by atoms with Crippen LogP contribution in [0.4, 0.5) is 60.5 Å². The van der Waals surface area contributed by atoms with Crippen LogP contribution in [0.5, 0.6) is 46.0 Å². The Balaban J connectivity index is 0.997. The molecule has 6 aliphatic rings. The van der Waals surface area contributed by atoms with E-state index in [1.165, 1.54) is 119 Å². The number of thioether (sulfide) groups is 3. The average molecular weight is 1160 g/mol. The highest BCUT2D eigenvalue weighted by Gasteiger charge is 2.51. The number of para-hydroxylation sites is 2. The summed E-state index contributed by atoms with van der Waals surface area (Å²) in [6.45, 7) is -1.84. The van der Waals surface area contributed by atoms with Gasteiger partial charge in [-0.1, -0.05) is 24.3 Å². The van der Waals surface area contributed by atoms with Crippen molar-refractivity contribution in [3.8, 4) is 46.0 Å². The highest BCUT2D eigenvalue weighted by atomic mass is 32.2. The number of fused-ring (bicyclic) bond motifs is 16. The highest BCUT2D eigenvalue weighted by molar-refractivity contribution is 7.99. The summed E-state index contributed by atoms with van der Waals surface area (Å²) in [7, 11) is 0. The number of benzene rings is 9. The van der Waals surface area contributed by atoms with E-state index >= 15 is 26.3 Å². The van der Waals surface area contributed by atoms with Crippen LogP contribution in [0.15, 0.2) is 148 Å². The van der Waals surface area contributed by atoms with Crippen LogP contribution in [-0.2, 0) is 0 Å². The molecule has 9 aromatic carbocycles. The molecule has 0 N–H and O–H groups in total. The number of hydrogen-bond donors (Lipinski definition) is 0. The van der Waals surface area contributed by atoms with Gasteiger partial charge in [0.2, 0.25) is 0 Å². The van der Waals surface area contributed by atoms with Crippen molar-refractivity contribution in [1.82, 2.24) is 0 Å². The van der Waals surface area contributed by atoms with Gasteiger partial charge in [-0.05, 0) is 143 Å². The van der Waals surface area contributed by atoms with Crippen molar-refractivity contribution >= 4 is 180 Å². The first-order valence-electron chi connectivity index (χ1n) is 25.6. The fourth-order valence-corrected chi connectivity index (χ4v) is 16.9. The lowest BCUT2D eigenvalue weighted by Gasteiger charge is -2.45. The summed E-state index contributed by atoms with van der Waals surface area (Å²) >= 11 is 7.38. The summed E-state index contributed by atoms with van der Waals surface area (Å²) in [6, 6.07) is 36.1. The number of anilines is 6. The summed E-state index contributed by atoms with van der Waals surface area (Å²) in [4.78, 5) is 5.51. The van der Waals surface area contributed by atoms with Gasteiger partial charge in [-0.3, -0.25) is 0 Å². The van der Waals surface area contributed by atoms with Gasteiger partial charge in [-0.15, -0.1) is 58.0 Å². The van der Waals surface area contributed by atoms with Gasteiger partial charge >= 0.3 is 0 Å². The van der Waals surface area contributed by atoms with Crippen molar-refractivity contribution in [3.63, 3.8) is 0 Å². The minimum atomic E-state index is -0.843. The molecule has 0 atom stereocenters. The number of halogens is 6. The number of thiophene rings is 2. The fourth-order valence-electron chi connectivity index (χ4n) is 13.0. The summed E-state index contributed by atoms with van der Waals surface area (Å²) in [6.07, 6.45) is 5.78. The first-order valence-corrected chi connectivity index (χ1v) is 30.9. The van der Waals surface area contributed by atoms with Gasteiger partial charge in [0.05, 0.1) is 0 Å². The molecule has 17 rings (SSSR count). The van der Waals surface area contributed by atoms with Gasteiger partial charge in [0.1, 0.15) is 92.3 Å². The quantitative estimate of drug-likeness (QED) is 0.0952. The van der Waals surface area contributed by atoms with E-state index in [1.54, 1.807) is 21.9 Å². The Morgan fingerprint density at radius 3 is 1.19 bits per heavy atom. The molecule has 81 heavy (non-hydrogen) atoms. The van der Waals surface area contributed by atoms with Crippen molar-refractivity contribution in [3.05, 3.63) is 168 Å². The maximum Gasteiger partial charge on any atom is 0.273 e. The van der Waals surface area contributed by atoms with Gasteiger partial charge in [-0.2, -0.15) is 0 Å². The summed E-state index contributed by atoms with van der Waals surface area (Å²) in [5.74, 6) is -0.117. The maximum absolute atomic E-state index is 17.1. The third-order valence-electron chi connectivity index (χ3n) is 16.3. The second-order valence-corrected chi connectivity index (χ2v) is 25.2. The van der Waals surface area contributed by atoms with E-state index in [0.717, 1.165) is 50.6 Å². The van der Waals surface area contributed by atoms with Crippen LogP contribution in [0.3, 0.4) is 0 Å². The first kappa shape index (κ1) is 48.3. The molecule has 0 radical (unpaired) electrons. The lowest BCUT2D eigenvalue weighted by Crippen LogP contribution is -2.65. The van der Waals surface area contributed by atoms with Crippen molar-refractivity contribution in [1.29, 1.82) is 0 Å². The standard InChI is InChI=1S/C61H31B3F6N2O4S5/c1-77-28-16-43-53-44(17-28)72(57-39(69)8-5-9-40(57)70)42-25-46-36(64-55-48(74-46)19-30(79-3)21-50(55)76-59-32-15-27(66)11-13-52(32)81-61(59)64)23-34(42)62(53)33-22-35-45(24-41(33)71(43)56-37(67)6-4-7-38(56)68)73-47-18-29(78-2)20-49-54(47)63(35)60-58(75-49)31-14-26(65)10-12-51(31)80-60/h4-25H,1-3H3. The number of hydrogen-bond acceptors (Lipinski definition) is 11. The molecule has 20 heteroatoms. The SMILES string of the molecule is CSc1cc2c3c(c1)Oc1c(sc4ccc(F)cc14)B3c1cc3c(cc1O2)N(c1c(F)cccc1F)c1cc(SC)cc2c1B3c1cc3c(cc1N2c1c(F)cccc1F)Oc1cc(SC)cc2c1B3c1sc3ccc(F)cc3c1O2. The molecular weight excluding hydrogens is 1130 g/mol. The zero-order valence-electron chi connectivity index (χ0n) is 42.3. The molecule has 0 bridgehead atoms. The fraction of sp³-hybridized carbons (Fsp3) is 0.0492. The molecular formula is C61H31B3F6N2O4S5. The molecule has 11 aromatic rings. The Hall–Kier alpha value is -7.48. The van der Waals surface area contributed by atoms with E-state index in [-0.39, 0.29) is 11.4 Å². The van der Waals surface area contributed by atoms with E-state index in [2.05, 4.69) is 0 Å². The topological polar surface area (TPSA) is 43.4 Å². The smallest absolute Gasteiger partial charge is 0.273 e. The molecule has 0 spiro atoms. The maximum atomic E-state index is 17.1. The molecule has 6 aliphatic heterocycles. The van der Waals surface area contributed by atoms with Gasteiger partial charge in [-0.25, -0.2) is 26.3 Å². The Kier molecular flexibility index (Phi) is 10.3.